The van der Waals surface area contributed by atoms with Gasteiger partial charge in [0, 0.05) is 0 Å². The molecule has 3 nitrogen and oxygen atoms in total. The van der Waals surface area contributed by atoms with E-state index in [0.29, 0.717) is 13.2 Å². The van der Waals surface area contributed by atoms with Crippen molar-refractivity contribution in [1.29, 1.82) is 0 Å². The maximum Gasteiger partial charge on any atom is 0.0643 e. The Morgan fingerprint density at radius 1 is 0.917 bits per heavy atom. The number of nitrogens with two attached hydrogens (primary N) is 1. The number of hydrogen-bond donors (Lipinski definition) is 1. The van der Waals surface area contributed by atoms with Gasteiger partial charge in [-0.1, -0.05) is 0 Å². The summed E-state index contributed by atoms with van der Waals surface area (Å²) in [5.74, 6) is 0. The Kier molecular flexibility index (Phi) is 6.34. The second-order valence-corrected chi connectivity index (χ2v) is 3.52. The largest absolute Gasteiger partial charge is 0.377 e. The van der Waals surface area contributed by atoms with Crippen molar-refractivity contribution in [2.75, 3.05) is 13.2 Å². The van der Waals surface area contributed by atoms with E-state index in [1.165, 1.54) is 0 Å². The van der Waals surface area contributed by atoms with Crippen LogP contribution >= 0.6 is 0 Å². The fourth-order valence-electron chi connectivity index (χ4n) is 0.680. The SMILES string of the molecule is CC(C)OCC(N)COC(C)C. The molecule has 0 atom stereocenters. The van der Waals surface area contributed by atoms with Crippen LogP contribution in [-0.4, -0.2) is 31.5 Å². The molecule has 0 aromatic heterocycles. The van der Waals surface area contributed by atoms with Gasteiger partial charge in [0.2, 0.25) is 0 Å². The normalized spacial score (nSPS) is 12.0. The lowest BCUT2D eigenvalue weighted by atomic mass is 10.3. The minimum atomic E-state index is -0.00481. The molecule has 0 rings (SSSR count). The van der Waals surface area contributed by atoms with Crippen LogP contribution in [0.5, 0.6) is 0 Å². The maximum atomic E-state index is 5.72. The lowest BCUT2D eigenvalue weighted by Crippen LogP contribution is -2.33. The molecular weight excluding hydrogens is 154 g/mol. The Balaban J connectivity index is 3.27. The quantitative estimate of drug-likeness (QED) is 0.659. The molecule has 0 fully saturated rings. The van der Waals surface area contributed by atoms with E-state index in [1.54, 1.807) is 0 Å². The summed E-state index contributed by atoms with van der Waals surface area (Å²) in [6.45, 7) is 9.13. The van der Waals surface area contributed by atoms with Crippen molar-refractivity contribution in [3.8, 4) is 0 Å². The first-order valence-electron chi connectivity index (χ1n) is 4.51. The molecule has 3 heteroatoms. The molecular formula is C9H21NO2. The number of hydrogen-bond acceptors (Lipinski definition) is 3. The van der Waals surface area contributed by atoms with Crippen molar-refractivity contribution in [2.24, 2.45) is 5.73 Å². The van der Waals surface area contributed by atoms with Crippen LogP contribution in [0.2, 0.25) is 0 Å². The predicted molar refractivity (Wildman–Crippen MR) is 50.2 cm³/mol. The van der Waals surface area contributed by atoms with Crippen LogP contribution in [0.1, 0.15) is 27.7 Å². The molecule has 0 aromatic rings. The van der Waals surface area contributed by atoms with Crippen molar-refractivity contribution >= 4 is 0 Å². The van der Waals surface area contributed by atoms with Gasteiger partial charge in [0.15, 0.2) is 0 Å². The highest BCUT2D eigenvalue weighted by Gasteiger charge is 2.05. The van der Waals surface area contributed by atoms with Gasteiger partial charge in [0.05, 0.1) is 31.5 Å². The van der Waals surface area contributed by atoms with Crippen LogP contribution in [0.4, 0.5) is 0 Å². The summed E-state index contributed by atoms with van der Waals surface area (Å²) in [7, 11) is 0. The van der Waals surface area contributed by atoms with Gasteiger partial charge in [-0.2, -0.15) is 0 Å². The molecule has 0 aliphatic carbocycles. The monoisotopic (exact) mass is 175 g/mol. The fourth-order valence-corrected chi connectivity index (χ4v) is 0.680. The highest BCUT2D eigenvalue weighted by atomic mass is 16.5. The molecule has 0 aliphatic heterocycles. The van der Waals surface area contributed by atoms with E-state index in [4.69, 9.17) is 15.2 Å². The average molecular weight is 175 g/mol. The van der Waals surface area contributed by atoms with Crippen LogP contribution in [0.15, 0.2) is 0 Å². The first kappa shape index (κ1) is 11.9. The Morgan fingerprint density at radius 3 is 1.50 bits per heavy atom. The Bertz CT molecular complexity index is 92.7. The zero-order valence-electron chi connectivity index (χ0n) is 8.54. The van der Waals surface area contributed by atoms with Gasteiger partial charge in [0.1, 0.15) is 0 Å². The molecule has 0 bridgehead atoms. The molecule has 0 amide bonds. The molecule has 0 saturated heterocycles. The summed E-state index contributed by atoms with van der Waals surface area (Å²) >= 11 is 0. The first-order chi connectivity index (χ1) is 5.52. The smallest absolute Gasteiger partial charge is 0.0643 e. The zero-order valence-corrected chi connectivity index (χ0v) is 8.54. The Hall–Kier alpha value is -0.120. The summed E-state index contributed by atoms with van der Waals surface area (Å²) in [5.41, 5.74) is 5.72. The van der Waals surface area contributed by atoms with Gasteiger partial charge in [0.25, 0.3) is 0 Å². The third-order valence-corrected chi connectivity index (χ3v) is 1.29. The van der Waals surface area contributed by atoms with E-state index < -0.39 is 0 Å². The molecule has 74 valence electrons. The summed E-state index contributed by atoms with van der Waals surface area (Å²) in [6, 6.07) is -0.00481. The lowest BCUT2D eigenvalue weighted by molar-refractivity contribution is 0.0209. The van der Waals surface area contributed by atoms with Crippen LogP contribution in [0.3, 0.4) is 0 Å². The molecule has 2 N–H and O–H groups in total. The van der Waals surface area contributed by atoms with E-state index in [-0.39, 0.29) is 18.2 Å². The average Bonchev–Trinajstić information content (AvgIpc) is 1.96. The second kappa shape index (κ2) is 6.40. The minimum Gasteiger partial charge on any atom is -0.377 e. The highest BCUT2D eigenvalue weighted by molar-refractivity contribution is 4.59. The van der Waals surface area contributed by atoms with Gasteiger partial charge in [-0.25, -0.2) is 0 Å². The predicted octanol–water partition coefficient (Wildman–Crippen LogP) is 1.16. The van der Waals surface area contributed by atoms with Gasteiger partial charge in [-0.3, -0.25) is 0 Å². The van der Waals surface area contributed by atoms with Crippen LogP contribution < -0.4 is 5.73 Å². The third kappa shape index (κ3) is 7.98. The topological polar surface area (TPSA) is 44.5 Å². The molecule has 0 saturated carbocycles. The summed E-state index contributed by atoms with van der Waals surface area (Å²) in [5, 5.41) is 0. The molecule has 0 spiro atoms. The van der Waals surface area contributed by atoms with Crippen LogP contribution in [-0.2, 0) is 9.47 Å². The van der Waals surface area contributed by atoms with Crippen molar-refractivity contribution in [2.45, 2.75) is 45.9 Å². The second-order valence-electron chi connectivity index (χ2n) is 3.52. The lowest BCUT2D eigenvalue weighted by Gasteiger charge is -2.15. The first-order valence-corrected chi connectivity index (χ1v) is 4.51. The summed E-state index contributed by atoms with van der Waals surface area (Å²) in [4.78, 5) is 0. The highest BCUT2D eigenvalue weighted by Crippen LogP contribution is 1.93. The van der Waals surface area contributed by atoms with E-state index in [2.05, 4.69) is 0 Å². The maximum absolute atomic E-state index is 5.72. The van der Waals surface area contributed by atoms with E-state index in [0.717, 1.165) is 0 Å². The summed E-state index contributed by atoms with van der Waals surface area (Å²) < 4.78 is 10.7. The van der Waals surface area contributed by atoms with Crippen molar-refractivity contribution in [3.05, 3.63) is 0 Å². The Morgan fingerprint density at radius 2 is 1.25 bits per heavy atom. The molecule has 0 aromatic carbocycles. The molecule has 12 heavy (non-hydrogen) atoms. The zero-order chi connectivity index (χ0) is 9.56. The van der Waals surface area contributed by atoms with Crippen molar-refractivity contribution in [3.63, 3.8) is 0 Å². The van der Waals surface area contributed by atoms with Crippen molar-refractivity contribution < 1.29 is 9.47 Å². The van der Waals surface area contributed by atoms with Crippen LogP contribution in [0.25, 0.3) is 0 Å². The standard InChI is InChI=1S/C9H21NO2/c1-7(2)11-5-9(10)6-12-8(3)4/h7-9H,5-6,10H2,1-4H3. The molecule has 0 heterocycles. The fraction of sp³-hybridized carbons (Fsp3) is 1.00. The Labute approximate surface area is 75.2 Å². The molecule has 0 radical (unpaired) electrons. The van der Waals surface area contributed by atoms with Crippen LogP contribution in [0, 0.1) is 0 Å². The van der Waals surface area contributed by atoms with E-state index in [1.807, 2.05) is 27.7 Å². The van der Waals surface area contributed by atoms with E-state index in [9.17, 15) is 0 Å². The van der Waals surface area contributed by atoms with Gasteiger partial charge < -0.3 is 15.2 Å². The molecule has 0 aliphatic rings. The van der Waals surface area contributed by atoms with E-state index >= 15 is 0 Å². The number of rotatable bonds is 6. The number of ether oxygens (including phenoxy) is 2. The van der Waals surface area contributed by atoms with Crippen molar-refractivity contribution in [1.82, 2.24) is 0 Å². The minimum absolute atomic E-state index is 0.00481. The summed E-state index contributed by atoms with van der Waals surface area (Å²) in [6.07, 6.45) is 0.491. The van der Waals surface area contributed by atoms with Gasteiger partial charge in [-0.05, 0) is 27.7 Å². The van der Waals surface area contributed by atoms with Gasteiger partial charge >= 0.3 is 0 Å². The molecule has 0 unspecified atom stereocenters. The third-order valence-electron chi connectivity index (χ3n) is 1.29. The van der Waals surface area contributed by atoms with Gasteiger partial charge in [-0.15, -0.1) is 0 Å².